The fourth-order valence-corrected chi connectivity index (χ4v) is 2.74. The van der Waals surface area contributed by atoms with Crippen molar-refractivity contribution in [3.8, 4) is 0 Å². The number of ether oxygens (including phenoxy) is 1. The fraction of sp³-hybridized carbons (Fsp3) is 0.588. The van der Waals surface area contributed by atoms with Crippen LogP contribution in [0.25, 0.3) is 0 Å². The van der Waals surface area contributed by atoms with Crippen molar-refractivity contribution in [1.82, 2.24) is 4.90 Å². The molecular formula is C17H25NO3. The van der Waals surface area contributed by atoms with E-state index in [2.05, 4.69) is 29.2 Å². The summed E-state index contributed by atoms with van der Waals surface area (Å²) in [6.07, 6.45) is 4.41. The molecule has 0 radical (unpaired) electrons. The first kappa shape index (κ1) is 16.0. The standard InChI is InChI=1S/C17H25NO3/c19-17(20)8-4-5-11-18-12-13-21-16(14-18)10-9-15-6-2-1-3-7-15/h1-3,6-7,16H,4-5,8-14H2,(H,19,20). The number of carboxylic acids is 1. The van der Waals surface area contributed by atoms with Crippen molar-refractivity contribution >= 4 is 5.97 Å². The first-order valence-corrected chi connectivity index (χ1v) is 7.84. The Balaban J connectivity index is 1.65. The lowest BCUT2D eigenvalue weighted by Crippen LogP contribution is -2.43. The second-order valence-corrected chi connectivity index (χ2v) is 5.67. The molecule has 1 saturated heterocycles. The van der Waals surface area contributed by atoms with Crippen LogP contribution in [0.15, 0.2) is 30.3 Å². The Kier molecular flexibility index (Phi) is 6.70. The molecule has 0 aliphatic carbocycles. The zero-order valence-corrected chi connectivity index (χ0v) is 12.5. The van der Waals surface area contributed by atoms with E-state index in [9.17, 15) is 4.79 Å². The molecule has 1 aromatic carbocycles. The van der Waals surface area contributed by atoms with Gasteiger partial charge in [-0.2, -0.15) is 0 Å². The first-order valence-electron chi connectivity index (χ1n) is 7.84. The zero-order valence-electron chi connectivity index (χ0n) is 12.5. The largest absolute Gasteiger partial charge is 0.481 e. The smallest absolute Gasteiger partial charge is 0.303 e. The van der Waals surface area contributed by atoms with Crippen LogP contribution in [-0.2, 0) is 16.0 Å². The second-order valence-electron chi connectivity index (χ2n) is 5.67. The number of hydrogen-bond donors (Lipinski definition) is 1. The number of carbonyl (C=O) groups is 1. The van der Waals surface area contributed by atoms with Crippen LogP contribution < -0.4 is 0 Å². The summed E-state index contributed by atoms with van der Waals surface area (Å²) in [7, 11) is 0. The SMILES string of the molecule is O=C(O)CCCCN1CCOC(CCc2ccccc2)C1. The summed E-state index contributed by atoms with van der Waals surface area (Å²) < 4.78 is 5.84. The molecule has 1 N–H and O–H groups in total. The molecule has 4 nitrogen and oxygen atoms in total. The lowest BCUT2D eigenvalue weighted by atomic mass is 10.1. The second kappa shape index (κ2) is 8.80. The number of carboxylic acid groups (broad SMARTS) is 1. The molecule has 116 valence electrons. The van der Waals surface area contributed by atoms with Crippen LogP contribution in [0.1, 0.15) is 31.2 Å². The van der Waals surface area contributed by atoms with E-state index in [1.165, 1.54) is 5.56 Å². The Morgan fingerprint density at radius 3 is 2.86 bits per heavy atom. The molecule has 1 aliphatic rings. The van der Waals surface area contributed by atoms with Gasteiger partial charge in [-0.1, -0.05) is 30.3 Å². The van der Waals surface area contributed by atoms with E-state index in [1.807, 2.05) is 6.07 Å². The highest BCUT2D eigenvalue weighted by molar-refractivity contribution is 5.66. The summed E-state index contributed by atoms with van der Waals surface area (Å²) in [6.45, 7) is 3.71. The van der Waals surface area contributed by atoms with Gasteiger partial charge >= 0.3 is 5.97 Å². The number of hydrogen-bond acceptors (Lipinski definition) is 3. The van der Waals surface area contributed by atoms with Gasteiger partial charge in [0.25, 0.3) is 0 Å². The quantitative estimate of drug-likeness (QED) is 0.748. The summed E-state index contributed by atoms with van der Waals surface area (Å²) in [5.74, 6) is -0.697. The average Bonchev–Trinajstić information content (AvgIpc) is 2.51. The molecule has 1 fully saturated rings. The van der Waals surface area contributed by atoms with E-state index in [4.69, 9.17) is 9.84 Å². The summed E-state index contributed by atoms with van der Waals surface area (Å²) in [4.78, 5) is 12.9. The van der Waals surface area contributed by atoms with E-state index in [0.717, 1.165) is 51.9 Å². The van der Waals surface area contributed by atoms with Crippen molar-refractivity contribution in [2.24, 2.45) is 0 Å². The first-order chi connectivity index (χ1) is 10.2. The Morgan fingerprint density at radius 2 is 2.10 bits per heavy atom. The summed E-state index contributed by atoms with van der Waals surface area (Å²) >= 11 is 0. The molecule has 2 rings (SSSR count). The van der Waals surface area contributed by atoms with Gasteiger partial charge in [0.15, 0.2) is 0 Å². The van der Waals surface area contributed by atoms with Gasteiger partial charge in [0.1, 0.15) is 0 Å². The maximum Gasteiger partial charge on any atom is 0.303 e. The zero-order chi connectivity index (χ0) is 14.9. The number of aliphatic carboxylic acids is 1. The number of morpholine rings is 1. The van der Waals surface area contributed by atoms with Crippen LogP contribution in [0, 0.1) is 0 Å². The molecule has 1 unspecified atom stereocenters. The lowest BCUT2D eigenvalue weighted by molar-refractivity contribution is -0.137. The normalized spacial score (nSPS) is 19.5. The Bertz CT molecular complexity index is 421. The minimum Gasteiger partial charge on any atom is -0.481 e. The third kappa shape index (κ3) is 6.27. The summed E-state index contributed by atoms with van der Waals surface area (Å²) in [6, 6.07) is 10.5. The van der Waals surface area contributed by atoms with Gasteiger partial charge in [-0.3, -0.25) is 9.69 Å². The Hall–Kier alpha value is -1.39. The minimum absolute atomic E-state index is 0.280. The highest BCUT2D eigenvalue weighted by Gasteiger charge is 2.19. The minimum atomic E-state index is -0.697. The monoisotopic (exact) mass is 291 g/mol. The summed E-state index contributed by atoms with van der Waals surface area (Å²) in [5.41, 5.74) is 1.36. The molecule has 1 atom stereocenters. The molecule has 0 bridgehead atoms. The molecule has 0 spiro atoms. The molecule has 21 heavy (non-hydrogen) atoms. The maximum absolute atomic E-state index is 10.5. The van der Waals surface area contributed by atoms with Crippen molar-refractivity contribution in [1.29, 1.82) is 0 Å². The molecule has 1 aromatic rings. The van der Waals surface area contributed by atoms with Gasteiger partial charge in [0.2, 0.25) is 0 Å². The van der Waals surface area contributed by atoms with Gasteiger partial charge in [-0.05, 0) is 37.8 Å². The van der Waals surface area contributed by atoms with E-state index >= 15 is 0 Å². The van der Waals surface area contributed by atoms with Crippen LogP contribution in [0.4, 0.5) is 0 Å². The molecule has 4 heteroatoms. The predicted octanol–water partition coefficient (Wildman–Crippen LogP) is 2.57. The third-order valence-electron chi connectivity index (χ3n) is 3.94. The molecule has 1 aliphatic heterocycles. The Morgan fingerprint density at radius 1 is 1.29 bits per heavy atom. The Labute approximate surface area is 126 Å². The van der Waals surface area contributed by atoms with E-state index in [-0.39, 0.29) is 6.42 Å². The van der Waals surface area contributed by atoms with E-state index in [0.29, 0.717) is 6.10 Å². The predicted molar refractivity (Wildman–Crippen MR) is 82.4 cm³/mol. The van der Waals surface area contributed by atoms with Crippen molar-refractivity contribution < 1.29 is 14.6 Å². The van der Waals surface area contributed by atoms with Crippen LogP contribution >= 0.6 is 0 Å². The number of aryl methyl sites for hydroxylation is 1. The molecule has 0 aromatic heterocycles. The lowest BCUT2D eigenvalue weighted by Gasteiger charge is -2.33. The van der Waals surface area contributed by atoms with Crippen molar-refractivity contribution in [3.63, 3.8) is 0 Å². The molecule has 1 heterocycles. The van der Waals surface area contributed by atoms with Crippen molar-refractivity contribution in [2.45, 2.75) is 38.2 Å². The van der Waals surface area contributed by atoms with E-state index < -0.39 is 5.97 Å². The highest BCUT2D eigenvalue weighted by atomic mass is 16.5. The maximum atomic E-state index is 10.5. The van der Waals surface area contributed by atoms with E-state index in [1.54, 1.807) is 0 Å². The van der Waals surface area contributed by atoms with Crippen molar-refractivity contribution in [3.05, 3.63) is 35.9 Å². The van der Waals surface area contributed by atoms with Crippen LogP contribution in [-0.4, -0.2) is 48.3 Å². The number of benzene rings is 1. The summed E-state index contributed by atoms with van der Waals surface area (Å²) in [5, 5.41) is 8.64. The fourth-order valence-electron chi connectivity index (χ4n) is 2.74. The number of unbranched alkanes of at least 4 members (excludes halogenated alkanes) is 1. The van der Waals surface area contributed by atoms with Gasteiger partial charge in [-0.15, -0.1) is 0 Å². The van der Waals surface area contributed by atoms with Gasteiger partial charge in [-0.25, -0.2) is 0 Å². The van der Waals surface area contributed by atoms with Gasteiger partial charge in [0, 0.05) is 19.5 Å². The molecule has 0 amide bonds. The number of rotatable bonds is 8. The van der Waals surface area contributed by atoms with Crippen LogP contribution in [0.3, 0.4) is 0 Å². The van der Waals surface area contributed by atoms with Gasteiger partial charge < -0.3 is 9.84 Å². The highest BCUT2D eigenvalue weighted by Crippen LogP contribution is 2.13. The van der Waals surface area contributed by atoms with Gasteiger partial charge in [0.05, 0.1) is 12.7 Å². The topological polar surface area (TPSA) is 49.8 Å². The molecular weight excluding hydrogens is 266 g/mol. The number of nitrogens with zero attached hydrogens (tertiary/aromatic N) is 1. The van der Waals surface area contributed by atoms with Crippen LogP contribution in [0.2, 0.25) is 0 Å². The average molecular weight is 291 g/mol. The van der Waals surface area contributed by atoms with Crippen LogP contribution in [0.5, 0.6) is 0 Å². The van der Waals surface area contributed by atoms with Crippen molar-refractivity contribution in [2.75, 3.05) is 26.2 Å². The molecule has 0 saturated carbocycles. The third-order valence-corrected chi connectivity index (χ3v) is 3.94.